The average molecular weight is 382 g/mol. The Balaban J connectivity index is 1.65. The lowest BCUT2D eigenvalue weighted by atomic mass is 9.87. The van der Waals surface area contributed by atoms with Crippen molar-refractivity contribution in [3.05, 3.63) is 64.2 Å². The summed E-state index contributed by atoms with van der Waals surface area (Å²) in [5.41, 5.74) is 1.62. The van der Waals surface area contributed by atoms with Crippen LogP contribution >= 0.6 is 0 Å². The second kappa shape index (κ2) is 7.42. The smallest absolute Gasteiger partial charge is 0.316 e. The Morgan fingerprint density at radius 2 is 1.71 bits per heavy atom. The third kappa shape index (κ3) is 4.19. The summed E-state index contributed by atoms with van der Waals surface area (Å²) in [5.74, 6) is -0.802. The Hall–Kier alpha value is -3.22. The number of nitrogens with zero attached hydrogens (tertiary/aromatic N) is 2. The maximum Gasteiger partial charge on any atom is 0.316 e. The SMILES string of the molecule is CC(C)(C)c1ccc(OC(=O)[C@H]2CC(=O)N(c3ccc([N+](=O)[O-])cc3)C2)cc1. The van der Waals surface area contributed by atoms with Crippen LogP contribution in [0.1, 0.15) is 32.8 Å². The molecule has 146 valence electrons. The molecule has 1 saturated heterocycles. The van der Waals surface area contributed by atoms with Gasteiger partial charge in [-0.05, 0) is 35.2 Å². The highest BCUT2D eigenvalue weighted by atomic mass is 16.6. The van der Waals surface area contributed by atoms with Gasteiger partial charge in [0.15, 0.2) is 0 Å². The van der Waals surface area contributed by atoms with Crippen molar-refractivity contribution in [3.63, 3.8) is 0 Å². The van der Waals surface area contributed by atoms with Gasteiger partial charge in [0.2, 0.25) is 5.91 Å². The minimum absolute atomic E-state index is 0.00562. The molecular weight excluding hydrogens is 360 g/mol. The predicted octanol–water partition coefficient (Wildman–Crippen LogP) is 3.85. The van der Waals surface area contributed by atoms with Gasteiger partial charge in [0.1, 0.15) is 5.75 Å². The molecule has 2 aromatic carbocycles. The van der Waals surface area contributed by atoms with Gasteiger partial charge in [0.25, 0.3) is 5.69 Å². The van der Waals surface area contributed by atoms with E-state index in [-0.39, 0.29) is 30.0 Å². The summed E-state index contributed by atoms with van der Waals surface area (Å²) in [6, 6.07) is 13.0. The zero-order valence-corrected chi connectivity index (χ0v) is 16.0. The van der Waals surface area contributed by atoms with Gasteiger partial charge in [-0.25, -0.2) is 0 Å². The van der Waals surface area contributed by atoms with Crippen LogP contribution in [0.4, 0.5) is 11.4 Å². The summed E-state index contributed by atoms with van der Waals surface area (Å²) in [6.07, 6.45) is 0.0515. The van der Waals surface area contributed by atoms with Gasteiger partial charge in [-0.15, -0.1) is 0 Å². The van der Waals surface area contributed by atoms with Crippen LogP contribution in [0.2, 0.25) is 0 Å². The third-order valence-electron chi connectivity index (χ3n) is 4.77. The topological polar surface area (TPSA) is 89.8 Å². The lowest BCUT2D eigenvalue weighted by Crippen LogP contribution is -2.27. The number of anilines is 1. The van der Waals surface area contributed by atoms with Crippen molar-refractivity contribution in [2.24, 2.45) is 5.92 Å². The van der Waals surface area contributed by atoms with E-state index in [4.69, 9.17) is 4.74 Å². The maximum absolute atomic E-state index is 12.5. The fraction of sp³-hybridized carbons (Fsp3) is 0.333. The Morgan fingerprint density at radius 1 is 1.11 bits per heavy atom. The number of hydrogen-bond donors (Lipinski definition) is 0. The van der Waals surface area contributed by atoms with Crippen molar-refractivity contribution in [2.45, 2.75) is 32.6 Å². The van der Waals surface area contributed by atoms with E-state index in [9.17, 15) is 19.7 Å². The summed E-state index contributed by atoms with van der Waals surface area (Å²) in [4.78, 5) is 36.5. The first kappa shape index (κ1) is 19.5. The van der Waals surface area contributed by atoms with Crippen molar-refractivity contribution in [1.82, 2.24) is 0 Å². The molecule has 0 aliphatic carbocycles. The van der Waals surface area contributed by atoms with Crippen LogP contribution in [-0.2, 0) is 15.0 Å². The Bertz CT molecular complexity index is 898. The molecule has 28 heavy (non-hydrogen) atoms. The number of amides is 1. The Labute approximate surface area is 163 Å². The van der Waals surface area contributed by atoms with Gasteiger partial charge in [0, 0.05) is 30.8 Å². The molecule has 1 aliphatic rings. The first-order chi connectivity index (χ1) is 13.1. The molecule has 0 radical (unpaired) electrons. The van der Waals surface area contributed by atoms with E-state index in [1.807, 2.05) is 12.1 Å². The fourth-order valence-corrected chi connectivity index (χ4v) is 3.09. The number of hydrogen-bond acceptors (Lipinski definition) is 5. The van der Waals surface area contributed by atoms with Gasteiger partial charge in [-0.1, -0.05) is 32.9 Å². The van der Waals surface area contributed by atoms with Gasteiger partial charge in [-0.2, -0.15) is 0 Å². The molecule has 0 spiro atoms. The standard InChI is InChI=1S/C21H22N2O5/c1-21(2,3)15-4-10-18(11-5-15)28-20(25)14-12-19(24)22(13-14)16-6-8-17(9-7-16)23(26)27/h4-11,14H,12-13H2,1-3H3/t14-/m0/s1. The number of nitro benzene ring substituents is 1. The number of benzene rings is 2. The molecule has 1 amide bonds. The summed E-state index contributed by atoms with van der Waals surface area (Å²) in [6.45, 7) is 6.50. The van der Waals surface area contributed by atoms with Crippen molar-refractivity contribution in [3.8, 4) is 5.75 Å². The molecule has 1 aliphatic heterocycles. The van der Waals surface area contributed by atoms with Crippen molar-refractivity contribution in [2.75, 3.05) is 11.4 Å². The number of carbonyl (C=O) groups is 2. The van der Waals surface area contributed by atoms with E-state index in [0.717, 1.165) is 5.56 Å². The van der Waals surface area contributed by atoms with Crippen LogP contribution in [0.3, 0.4) is 0 Å². The lowest BCUT2D eigenvalue weighted by Gasteiger charge is -2.19. The highest BCUT2D eigenvalue weighted by Crippen LogP contribution is 2.29. The molecule has 2 aromatic rings. The first-order valence-corrected chi connectivity index (χ1v) is 9.02. The van der Waals surface area contributed by atoms with Gasteiger partial charge in [-0.3, -0.25) is 19.7 Å². The fourth-order valence-electron chi connectivity index (χ4n) is 3.09. The zero-order chi connectivity index (χ0) is 20.5. The molecule has 0 unspecified atom stereocenters. The van der Waals surface area contributed by atoms with Crippen molar-refractivity contribution in [1.29, 1.82) is 0 Å². The highest BCUT2D eigenvalue weighted by Gasteiger charge is 2.36. The molecule has 3 rings (SSSR count). The molecule has 0 bridgehead atoms. The number of carbonyl (C=O) groups excluding carboxylic acids is 2. The predicted molar refractivity (Wildman–Crippen MR) is 104 cm³/mol. The molecule has 0 N–H and O–H groups in total. The van der Waals surface area contributed by atoms with Crippen LogP contribution in [0.15, 0.2) is 48.5 Å². The van der Waals surface area contributed by atoms with E-state index in [1.54, 1.807) is 12.1 Å². The quantitative estimate of drug-likeness (QED) is 0.347. The van der Waals surface area contributed by atoms with Crippen molar-refractivity contribution < 1.29 is 19.2 Å². The average Bonchev–Trinajstić information content (AvgIpc) is 3.03. The Morgan fingerprint density at radius 3 is 2.25 bits per heavy atom. The minimum Gasteiger partial charge on any atom is -0.426 e. The summed E-state index contributed by atoms with van der Waals surface area (Å²) in [7, 11) is 0. The van der Waals surface area contributed by atoms with E-state index in [0.29, 0.717) is 11.4 Å². The van der Waals surface area contributed by atoms with Gasteiger partial charge in [0.05, 0.1) is 10.8 Å². The van der Waals surface area contributed by atoms with Crippen molar-refractivity contribution >= 4 is 23.3 Å². The summed E-state index contributed by atoms with van der Waals surface area (Å²) >= 11 is 0. The number of rotatable bonds is 4. The van der Waals surface area contributed by atoms with E-state index >= 15 is 0 Å². The molecule has 7 nitrogen and oxygen atoms in total. The summed E-state index contributed by atoms with van der Waals surface area (Å²) < 4.78 is 5.44. The molecule has 0 saturated carbocycles. The molecule has 7 heteroatoms. The highest BCUT2D eigenvalue weighted by molar-refractivity contribution is 5.99. The number of nitro groups is 1. The first-order valence-electron chi connectivity index (χ1n) is 9.02. The number of esters is 1. The lowest BCUT2D eigenvalue weighted by molar-refractivity contribution is -0.384. The second-order valence-electron chi connectivity index (χ2n) is 7.87. The maximum atomic E-state index is 12.5. The van der Waals surface area contributed by atoms with Crippen LogP contribution in [0, 0.1) is 16.0 Å². The second-order valence-corrected chi connectivity index (χ2v) is 7.87. The van der Waals surface area contributed by atoms with Gasteiger partial charge >= 0.3 is 5.97 Å². The Kier molecular flexibility index (Phi) is 5.18. The van der Waals surface area contributed by atoms with Crippen LogP contribution in [0.5, 0.6) is 5.75 Å². The van der Waals surface area contributed by atoms with Crippen LogP contribution < -0.4 is 9.64 Å². The van der Waals surface area contributed by atoms with Crippen LogP contribution in [0.25, 0.3) is 0 Å². The molecule has 1 atom stereocenters. The molecule has 0 aromatic heterocycles. The van der Waals surface area contributed by atoms with E-state index in [1.165, 1.54) is 29.2 Å². The number of non-ortho nitro benzene ring substituents is 1. The number of ether oxygens (including phenoxy) is 1. The largest absolute Gasteiger partial charge is 0.426 e. The summed E-state index contributed by atoms with van der Waals surface area (Å²) in [5, 5.41) is 10.8. The molecular formula is C21H22N2O5. The van der Waals surface area contributed by atoms with Gasteiger partial charge < -0.3 is 9.64 Å². The van der Waals surface area contributed by atoms with E-state index < -0.39 is 16.8 Å². The third-order valence-corrected chi connectivity index (χ3v) is 4.77. The van der Waals surface area contributed by atoms with E-state index in [2.05, 4.69) is 20.8 Å². The minimum atomic E-state index is -0.579. The zero-order valence-electron chi connectivity index (χ0n) is 16.0. The normalized spacial score (nSPS) is 16.9. The molecule has 1 heterocycles. The van der Waals surface area contributed by atoms with Crippen LogP contribution in [-0.4, -0.2) is 23.3 Å². The molecule has 1 fully saturated rings. The monoisotopic (exact) mass is 382 g/mol.